The fraction of sp³-hybridized carbons (Fsp3) is 0.227. The van der Waals surface area contributed by atoms with Crippen LogP contribution in [-0.2, 0) is 23.2 Å². The van der Waals surface area contributed by atoms with E-state index in [1.165, 1.54) is 16.4 Å². The van der Waals surface area contributed by atoms with Gasteiger partial charge in [-0.3, -0.25) is 4.98 Å². The predicted molar refractivity (Wildman–Crippen MR) is 114 cm³/mol. The van der Waals surface area contributed by atoms with Crippen molar-refractivity contribution in [1.82, 2.24) is 9.29 Å². The molecule has 0 aliphatic carbocycles. The molecule has 0 amide bonds. The van der Waals surface area contributed by atoms with Crippen molar-refractivity contribution in [3.63, 3.8) is 0 Å². The van der Waals surface area contributed by atoms with Crippen LogP contribution in [-0.4, -0.2) is 22.8 Å². The van der Waals surface area contributed by atoms with E-state index in [2.05, 4.69) is 4.98 Å². The van der Waals surface area contributed by atoms with Crippen LogP contribution in [0.15, 0.2) is 77.8 Å². The Morgan fingerprint density at radius 3 is 2.28 bits per heavy atom. The number of aliphatic hydroxyl groups is 1. The fourth-order valence-electron chi connectivity index (χ4n) is 3.19. The zero-order chi connectivity index (χ0) is 20.9. The minimum Gasteiger partial charge on any atom is -0.392 e. The molecule has 0 bridgehead atoms. The molecule has 152 valence electrons. The first-order chi connectivity index (χ1) is 14.0. The molecule has 1 N–H and O–H groups in total. The summed E-state index contributed by atoms with van der Waals surface area (Å²) in [5.74, 6) is 0. The van der Waals surface area contributed by atoms with Crippen LogP contribution in [0.1, 0.15) is 36.2 Å². The minimum absolute atomic E-state index is 0.109. The lowest BCUT2D eigenvalue weighted by molar-refractivity contribution is 0.280. The first kappa shape index (κ1) is 21.5. The Labute approximate surface area is 176 Å². The number of hydrogen-bond donors (Lipinski definition) is 1. The molecular weight excluding hydrogens is 408 g/mol. The molecule has 0 aliphatic rings. The van der Waals surface area contributed by atoms with Gasteiger partial charge in [0.15, 0.2) is 0 Å². The van der Waals surface area contributed by atoms with Crippen molar-refractivity contribution < 1.29 is 13.5 Å². The van der Waals surface area contributed by atoms with Gasteiger partial charge in [-0.15, -0.1) is 0 Å². The standard InChI is InChI=1S/C22H23ClN2O3S/c1-2-22(18-6-4-3-5-7-18)25(15-20-11-8-17(16-26)14-24-20)29(27,28)21-12-9-19(23)10-13-21/h3-14,22,26H,2,15-16H2,1H3. The van der Waals surface area contributed by atoms with Gasteiger partial charge in [0.05, 0.1) is 29.8 Å². The van der Waals surface area contributed by atoms with Gasteiger partial charge >= 0.3 is 0 Å². The number of sulfonamides is 1. The lowest BCUT2D eigenvalue weighted by Gasteiger charge is -2.30. The number of nitrogens with zero attached hydrogens (tertiary/aromatic N) is 2. The number of aliphatic hydroxyl groups excluding tert-OH is 1. The topological polar surface area (TPSA) is 70.5 Å². The van der Waals surface area contributed by atoms with E-state index in [0.717, 1.165) is 5.56 Å². The van der Waals surface area contributed by atoms with Gasteiger partial charge in [-0.2, -0.15) is 4.31 Å². The maximum absolute atomic E-state index is 13.6. The normalized spacial score (nSPS) is 12.8. The summed E-state index contributed by atoms with van der Waals surface area (Å²) in [6, 6.07) is 18.9. The first-order valence-corrected chi connectivity index (χ1v) is 11.1. The average Bonchev–Trinajstić information content (AvgIpc) is 2.75. The maximum Gasteiger partial charge on any atom is 0.243 e. The predicted octanol–water partition coefficient (Wildman–Crippen LogP) is 4.57. The number of rotatable bonds is 8. The molecule has 5 nitrogen and oxygen atoms in total. The summed E-state index contributed by atoms with van der Waals surface area (Å²) >= 11 is 5.95. The van der Waals surface area contributed by atoms with Crippen molar-refractivity contribution in [2.45, 2.75) is 37.4 Å². The quantitative estimate of drug-likeness (QED) is 0.568. The number of aromatic nitrogens is 1. The Morgan fingerprint density at radius 1 is 1.03 bits per heavy atom. The molecule has 3 aromatic rings. The van der Waals surface area contributed by atoms with Gasteiger partial charge in [-0.25, -0.2) is 8.42 Å². The van der Waals surface area contributed by atoms with Crippen molar-refractivity contribution in [2.75, 3.05) is 0 Å². The largest absolute Gasteiger partial charge is 0.392 e. The van der Waals surface area contributed by atoms with Crippen molar-refractivity contribution in [3.05, 3.63) is 94.8 Å². The van der Waals surface area contributed by atoms with Crippen molar-refractivity contribution in [1.29, 1.82) is 0 Å². The van der Waals surface area contributed by atoms with Gasteiger partial charge in [0.25, 0.3) is 0 Å². The lowest BCUT2D eigenvalue weighted by Crippen LogP contribution is -2.34. The molecule has 1 aromatic heterocycles. The third-order valence-corrected chi connectivity index (χ3v) is 6.85. The van der Waals surface area contributed by atoms with Gasteiger partial charge in [-0.05, 0) is 47.9 Å². The van der Waals surface area contributed by atoms with Crippen LogP contribution >= 0.6 is 11.6 Å². The van der Waals surface area contributed by atoms with Crippen molar-refractivity contribution in [3.8, 4) is 0 Å². The molecule has 29 heavy (non-hydrogen) atoms. The van der Waals surface area contributed by atoms with Crippen LogP contribution in [0, 0.1) is 0 Å². The SMILES string of the molecule is CCC(c1ccccc1)N(Cc1ccc(CO)cn1)S(=O)(=O)c1ccc(Cl)cc1. The zero-order valence-electron chi connectivity index (χ0n) is 16.1. The highest BCUT2D eigenvalue weighted by Gasteiger charge is 2.32. The van der Waals surface area contributed by atoms with E-state index in [1.54, 1.807) is 30.5 Å². The Balaban J connectivity index is 2.05. The number of halogens is 1. The van der Waals surface area contributed by atoms with Gasteiger partial charge in [-0.1, -0.05) is 54.9 Å². The second kappa shape index (κ2) is 9.50. The molecule has 1 heterocycles. The highest BCUT2D eigenvalue weighted by atomic mass is 35.5. The smallest absolute Gasteiger partial charge is 0.243 e. The van der Waals surface area contributed by atoms with Crippen LogP contribution in [0.5, 0.6) is 0 Å². The Bertz CT molecular complexity index is 1020. The minimum atomic E-state index is -3.81. The van der Waals surface area contributed by atoms with Gasteiger partial charge in [0.1, 0.15) is 0 Å². The van der Waals surface area contributed by atoms with Gasteiger partial charge in [0, 0.05) is 11.2 Å². The van der Waals surface area contributed by atoms with E-state index >= 15 is 0 Å². The highest BCUT2D eigenvalue weighted by molar-refractivity contribution is 7.89. The molecule has 0 radical (unpaired) electrons. The van der Waals surface area contributed by atoms with Crippen LogP contribution in [0.25, 0.3) is 0 Å². The molecule has 0 saturated heterocycles. The molecule has 7 heteroatoms. The first-order valence-electron chi connectivity index (χ1n) is 9.32. The van der Waals surface area contributed by atoms with E-state index in [0.29, 0.717) is 22.7 Å². The fourth-order valence-corrected chi connectivity index (χ4v) is 4.97. The molecule has 1 atom stereocenters. The summed E-state index contributed by atoms with van der Waals surface area (Å²) in [6.45, 7) is 1.97. The van der Waals surface area contributed by atoms with E-state index in [1.807, 2.05) is 37.3 Å². The molecule has 1 unspecified atom stereocenters. The summed E-state index contributed by atoms with van der Waals surface area (Å²) in [4.78, 5) is 4.52. The molecule has 3 rings (SSSR count). The Kier molecular flexibility index (Phi) is 7.03. The van der Waals surface area contributed by atoms with Crippen LogP contribution < -0.4 is 0 Å². The molecular formula is C22H23ClN2O3S. The molecule has 2 aromatic carbocycles. The van der Waals surface area contributed by atoms with Gasteiger partial charge in [0.2, 0.25) is 10.0 Å². The second-order valence-corrected chi connectivity index (χ2v) is 8.98. The van der Waals surface area contributed by atoms with E-state index < -0.39 is 10.0 Å². The van der Waals surface area contributed by atoms with Crippen molar-refractivity contribution in [2.24, 2.45) is 0 Å². The molecule has 0 spiro atoms. The third kappa shape index (κ3) is 5.03. The number of benzene rings is 2. The summed E-state index contributed by atoms with van der Waals surface area (Å²) < 4.78 is 28.6. The highest BCUT2D eigenvalue weighted by Crippen LogP contribution is 2.32. The van der Waals surface area contributed by atoms with Crippen molar-refractivity contribution >= 4 is 21.6 Å². The van der Waals surface area contributed by atoms with Crippen LogP contribution in [0.4, 0.5) is 0 Å². The molecule has 0 aliphatic heterocycles. The zero-order valence-corrected chi connectivity index (χ0v) is 17.6. The lowest BCUT2D eigenvalue weighted by atomic mass is 10.0. The Hall–Kier alpha value is -2.25. The van der Waals surface area contributed by atoms with E-state index in [9.17, 15) is 13.5 Å². The molecule has 0 fully saturated rings. The average molecular weight is 431 g/mol. The van der Waals surface area contributed by atoms with Crippen LogP contribution in [0.3, 0.4) is 0 Å². The number of pyridine rings is 1. The van der Waals surface area contributed by atoms with Gasteiger partial charge < -0.3 is 5.11 Å². The molecule has 0 saturated carbocycles. The van der Waals surface area contributed by atoms with E-state index in [-0.39, 0.29) is 24.1 Å². The summed E-state index contributed by atoms with van der Waals surface area (Å²) in [6.07, 6.45) is 2.16. The maximum atomic E-state index is 13.6. The third-order valence-electron chi connectivity index (χ3n) is 4.73. The second-order valence-electron chi connectivity index (χ2n) is 6.65. The van der Waals surface area contributed by atoms with E-state index in [4.69, 9.17) is 11.6 Å². The summed E-state index contributed by atoms with van der Waals surface area (Å²) in [5, 5.41) is 9.71. The summed E-state index contributed by atoms with van der Waals surface area (Å²) in [7, 11) is -3.81. The number of hydrogen-bond acceptors (Lipinski definition) is 4. The summed E-state index contributed by atoms with van der Waals surface area (Å²) in [5.41, 5.74) is 2.20. The van der Waals surface area contributed by atoms with Crippen LogP contribution in [0.2, 0.25) is 5.02 Å². The monoisotopic (exact) mass is 430 g/mol. The Morgan fingerprint density at radius 2 is 1.72 bits per heavy atom.